The molecule has 29 heavy (non-hydrogen) atoms. The van der Waals surface area contributed by atoms with Crippen molar-refractivity contribution < 1.29 is 13.9 Å². The zero-order valence-electron chi connectivity index (χ0n) is 14.9. The van der Waals surface area contributed by atoms with Crippen molar-refractivity contribution in [2.24, 2.45) is 5.10 Å². The smallest absolute Gasteiger partial charge is 0.345 e. The zero-order chi connectivity index (χ0) is 20.6. The average Bonchev–Trinajstić information content (AvgIpc) is 2.71. The van der Waals surface area contributed by atoms with Crippen LogP contribution in [0.25, 0.3) is 0 Å². The molecule has 146 valence electrons. The molecule has 0 heterocycles. The summed E-state index contributed by atoms with van der Waals surface area (Å²) in [5, 5.41) is 7.50. The number of hydrogen-bond acceptors (Lipinski definition) is 4. The van der Waals surface area contributed by atoms with Gasteiger partial charge in [0.1, 0.15) is 11.6 Å². The van der Waals surface area contributed by atoms with Gasteiger partial charge in [0, 0.05) is 5.69 Å². The number of carbonyl (C=O) groups is 1. The number of ether oxygens (including phenoxy) is 1. The maximum Gasteiger partial charge on any atom is 0.345 e. The molecule has 0 unspecified atom stereocenters. The minimum atomic E-state index is -0.532. The second-order valence-electron chi connectivity index (χ2n) is 5.77. The monoisotopic (exact) mass is 427 g/mol. The number of halogens is 2. The van der Waals surface area contributed by atoms with Gasteiger partial charge in [0.2, 0.25) is 0 Å². The van der Waals surface area contributed by atoms with Crippen LogP contribution in [0, 0.1) is 5.82 Å². The first-order valence-electron chi connectivity index (χ1n) is 8.44. The molecule has 0 bridgehead atoms. The summed E-state index contributed by atoms with van der Waals surface area (Å²) in [6.45, 7) is 0. The number of esters is 1. The van der Waals surface area contributed by atoms with Crippen molar-refractivity contribution in [1.82, 2.24) is 5.43 Å². The van der Waals surface area contributed by atoms with Crippen LogP contribution >= 0.6 is 23.8 Å². The lowest BCUT2D eigenvalue weighted by Gasteiger charge is -2.07. The number of carbonyl (C=O) groups excluding carboxylic acids is 1. The van der Waals surface area contributed by atoms with Crippen LogP contribution in [-0.4, -0.2) is 17.3 Å². The molecule has 0 fully saturated rings. The molecule has 0 atom stereocenters. The van der Waals surface area contributed by atoms with Gasteiger partial charge in [-0.3, -0.25) is 5.43 Å². The summed E-state index contributed by atoms with van der Waals surface area (Å²) in [5.74, 6) is -0.474. The van der Waals surface area contributed by atoms with Gasteiger partial charge in [0.15, 0.2) is 5.11 Å². The Hall–Kier alpha value is -3.29. The van der Waals surface area contributed by atoms with Gasteiger partial charge >= 0.3 is 5.97 Å². The first-order valence-corrected chi connectivity index (χ1v) is 9.22. The third kappa shape index (κ3) is 6.10. The highest BCUT2D eigenvalue weighted by molar-refractivity contribution is 7.80. The van der Waals surface area contributed by atoms with Crippen LogP contribution in [0.5, 0.6) is 5.75 Å². The molecule has 0 aromatic heterocycles. The minimum Gasteiger partial charge on any atom is -0.423 e. The molecule has 0 saturated carbocycles. The summed E-state index contributed by atoms with van der Waals surface area (Å²) < 4.78 is 18.2. The minimum absolute atomic E-state index is 0.262. The molecule has 0 aliphatic carbocycles. The fraction of sp³-hybridized carbons (Fsp3) is 0. The standard InChI is InChI=1S/C21H15ClFN3O2S/c22-19-4-2-1-3-18(19)20(27)28-17-11-5-14(6-12-17)13-24-26-21(29)25-16-9-7-15(23)8-10-16/h1-13H,(H2,25,26,29)/b24-13+. The van der Waals surface area contributed by atoms with Crippen LogP contribution in [0.2, 0.25) is 5.02 Å². The molecule has 2 N–H and O–H groups in total. The molecule has 0 aliphatic rings. The number of nitrogens with one attached hydrogen (secondary N) is 2. The van der Waals surface area contributed by atoms with Crippen LogP contribution in [0.1, 0.15) is 15.9 Å². The van der Waals surface area contributed by atoms with Gasteiger partial charge in [-0.2, -0.15) is 5.10 Å². The Morgan fingerprint density at radius 2 is 1.72 bits per heavy atom. The Morgan fingerprint density at radius 1 is 1.03 bits per heavy atom. The molecule has 5 nitrogen and oxygen atoms in total. The topological polar surface area (TPSA) is 62.7 Å². The van der Waals surface area contributed by atoms with Crippen molar-refractivity contribution in [2.45, 2.75) is 0 Å². The van der Waals surface area contributed by atoms with E-state index >= 15 is 0 Å². The third-order valence-electron chi connectivity index (χ3n) is 3.67. The maximum atomic E-state index is 12.9. The van der Waals surface area contributed by atoms with E-state index in [-0.39, 0.29) is 10.9 Å². The molecule has 0 radical (unpaired) electrons. The Morgan fingerprint density at radius 3 is 2.41 bits per heavy atom. The van der Waals surface area contributed by atoms with E-state index in [1.165, 1.54) is 12.1 Å². The van der Waals surface area contributed by atoms with E-state index in [1.807, 2.05) is 0 Å². The molecule has 0 saturated heterocycles. The highest BCUT2D eigenvalue weighted by atomic mass is 35.5. The van der Waals surface area contributed by atoms with Gasteiger partial charge in [-0.25, -0.2) is 9.18 Å². The van der Waals surface area contributed by atoms with Crippen molar-refractivity contribution in [3.05, 3.63) is 94.8 Å². The van der Waals surface area contributed by atoms with E-state index in [2.05, 4.69) is 15.8 Å². The summed E-state index contributed by atoms with van der Waals surface area (Å²) in [6, 6.07) is 19.2. The lowest BCUT2D eigenvalue weighted by atomic mass is 10.2. The number of nitrogens with zero attached hydrogens (tertiary/aromatic N) is 1. The SMILES string of the molecule is O=C(Oc1ccc(/C=N/NC(=S)Nc2ccc(F)cc2)cc1)c1ccccc1Cl. The fourth-order valence-electron chi connectivity index (χ4n) is 2.27. The first-order chi connectivity index (χ1) is 14.0. The Balaban J connectivity index is 1.52. The quantitative estimate of drug-likeness (QED) is 0.197. The van der Waals surface area contributed by atoms with Crippen LogP contribution in [0.3, 0.4) is 0 Å². The van der Waals surface area contributed by atoms with Crippen molar-refractivity contribution in [2.75, 3.05) is 5.32 Å². The Bertz CT molecular complexity index is 1040. The van der Waals surface area contributed by atoms with Crippen molar-refractivity contribution in [1.29, 1.82) is 0 Å². The predicted octanol–water partition coefficient (Wildman–Crippen LogP) is 5.02. The normalized spacial score (nSPS) is 10.6. The second kappa shape index (κ2) is 9.77. The highest BCUT2D eigenvalue weighted by Crippen LogP contribution is 2.19. The number of hydrogen-bond donors (Lipinski definition) is 2. The first kappa shape index (κ1) is 20.4. The fourth-order valence-corrected chi connectivity index (χ4v) is 2.65. The molecule has 3 aromatic carbocycles. The van der Waals surface area contributed by atoms with Crippen LogP contribution in [0.4, 0.5) is 10.1 Å². The molecule has 3 aromatic rings. The van der Waals surface area contributed by atoms with Gasteiger partial charge in [0.05, 0.1) is 16.8 Å². The molecular weight excluding hydrogens is 413 g/mol. The van der Waals surface area contributed by atoms with Gasteiger partial charge in [-0.15, -0.1) is 0 Å². The summed E-state index contributed by atoms with van der Waals surface area (Å²) in [5.41, 5.74) is 4.37. The summed E-state index contributed by atoms with van der Waals surface area (Å²) in [7, 11) is 0. The van der Waals surface area contributed by atoms with Crippen LogP contribution in [-0.2, 0) is 0 Å². The maximum absolute atomic E-state index is 12.9. The number of rotatable bonds is 5. The average molecular weight is 428 g/mol. The second-order valence-corrected chi connectivity index (χ2v) is 6.58. The van der Waals surface area contributed by atoms with E-state index in [0.29, 0.717) is 22.0 Å². The number of hydrazone groups is 1. The van der Waals surface area contributed by atoms with E-state index in [4.69, 9.17) is 28.6 Å². The molecule has 8 heteroatoms. The van der Waals surface area contributed by atoms with Crippen molar-refractivity contribution >= 4 is 46.8 Å². The lowest BCUT2D eigenvalue weighted by molar-refractivity contribution is 0.0735. The highest BCUT2D eigenvalue weighted by Gasteiger charge is 2.11. The van der Waals surface area contributed by atoms with Gasteiger partial charge in [0.25, 0.3) is 0 Å². The summed E-state index contributed by atoms with van der Waals surface area (Å²) in [4.78, 5) is 12.2. The van der Waals surface area contributed by atoms with E-state index in [1.54, 1.807) is 66.9 Å². The summed E-state index contributed by atoms with van der Waals surface area (Å²) >= 11 is 11.1. The third-order valence-corrected chi connectivity index (χ3v) is 4.19. The number of benzene rings is 3. The van der Waals surface area contributed by atoms with Crippen molar-refractivity contribution in [3.8, 4) is 5.75 Å². The van der Waals surface area contributed by atoms with Crippen LogP contribution in [0.15, 0.2) is 77.9 Å². The zero-order valence-corrected chi connectivity index (χ0v) is 16.5. The van der Waals surface area contributed by atoms with Gasteiger partial charge in [-0.05, 0) is 78.4 Å². The van der Waals surface area contributed by atoms with E-state index < -0.39 is 5.97 Å². The molecular formula is C21H15ClFN3O2S. The Kier molecular flexibility index (Phi) is 6.89. The Labute approximate surface area is 177 Å². The van der Waals surface area contributed by atoms with Gasteiger partial charge < -0.3 is 10.1 Å². The van der Waals surface area contributed by atoms with Gasteiger partial charge in [-0.1, -0.05) is 23.7 Å². The molecule has 0 amide bonds. The lowest BCUT2D eigenvalue weighted by Crippen LogP contribution is -2.23. The predicted molar refractivity (Wildman–Crippen MR) is 116 cm³/mol. The molecule has 3 rings (SSSR count). The van der Waals surface area contributed by atoms with Crippen LogP contribution < -0.4 is 15.5 Å². The molecule has 0 spiro atoms. The number of anilines is 1. The molecule has 0 aliphatic heterocycles. The summed E-state index contributed by atoms with van der Waals surface area (Å²) in [6.07, 6.45) is 1.55. The van der Waals surface area contributed by atoms with E-state index in [9.17, 15) is 9.18 Å². The largest absolute Gasteiger partial charge is 0.423 e. The van der Waals surface area contributed by atoms with Crippen molar-refractivity contribution in [3.63, 3.8) is 0 Å². The number of thiocarbonyl (C=S) groups is 1. The van der Waals surface area contributed by atoms with E-state index in [0.717, 1.165) is 5.56 Å².